The lowest BCUT2D eigenvalue weighted by Gasteiger charge is -2.09. The predicted octanol–water partition coefficient (Wildman–Crippen LogP) is 3.13. The van der Waals surface area contributed by atoms with Crippen molar-refractivity contribution in [2.45, 2.75) is 19.8 Å². The van der Waals surface area contributed by atoms with E-state index < -0.39 is 0 Å². The quantitative estimate of drug-likeness (QED) is 0.791. The molecule has 5 heteroatoms. The number of hydrogen-bond donors (Lipinski definition) is 2. The van der Waals surface area contributed by atoms with Gasteiger partial charge in [-0.25, -0.2) is 0 Å². The molecule has 0 fully saturated rings. The van der Waals surface area contributed by atoms with Gasteiger partial charge in [-0.05, 0) is 37.0 Å². The van der Waals surface area contributed by atoms with Crippen molar-refractivity contribution in [3.05, 3.63) is 33.8 Å². The molecule has 0 aliphatic rings. The maximum absolute atomic E-state index is 11.8. The summed E-state index contributed by atoms with van der Waals surface area (Å²) in [5.41, 5.74) is 0.388. The summed E-state index contributed by atoms with van der Waals surface area (Å²) < 4.78 is 0. The zero-order chi connectivity index (χ0) is 13.5. The summed E-state index contributed by atoms with van der Waals surface area (Å²) in [6.45, 7) is 2.70. The zero-order valence-corrected chi connectivity index (χ0v) is 11.8. The first-order valence-corrected chi connectivity index (χ1v) is 6.64. The van der Waals surface area contributed by atoms with Crippen molar-refractivity contribution in [3.8, 4) is 0 Å². The molecule has 100 valence electrons. The third-order valence-electron chi connectivity index (χ3n) is 2.64. The molecule has 0 saturated carbocycles. The Morgan fingerprint density at radius 3 is 2.83 bits per heavy atom. The highest BCUT2D eigenvalue weighted by Crippen LogP contribution is 2.20. The number of rotatable bonds is 6. The number of amides is 1. The van der Waals surface area contributed by atoms with Gasteiger partial charge < -0.3 is 10.4 Å². The van der Waals surface area contributed by atoms with Gasteiger partial charge in [0.2, 0.25) is 0 Å². The maximum atomic E-state index is 11.8. The molecule has 3 nitrogen and oxygen atoms in total. The Morgan fingerprint density at radius 1 is 1.44 bits per heavy atom. The number of carbonyl (C=O) groups excluding carboxylic acids is 1. The standard InChI is InChI=1S/C13H17Cl2NO2/c1-9(8-17)3-2-6-16-13(18)11-7-10(14)4-5-12(11)15/h4-5,7,9,17H,2-3,6,8H2,1H3,(H,16,18). The van der Waals surface area contributed by atoms with Gasteiger partial charge in [-0.3, -0.25) is 4.79 Å². The lowest BCUT2D eigenvalue weighted by molar-refractivity contribution is 0.0952. The first kappa shape index (κ1) is 15.3. The van der Waals surface area contributed by atoms with Crippen molar-refractivity contribution in [2.24, 2.45) is 5.92 Å². The van der Waals surface area contributed by atoms with E-state index in [1.165, 1.54) is 0 Å². The summed E-state index contributed by atoms with van der Waals surface area (Å²) >= 11 is 11.7. The van der Waals surface area contributed by atoms with Crippen LogP contribution in [0.2, 0.25) is 10.0 Å². The van der Waals surface area contributed by atoms with Crippen LogP contribution in [-0.4, -0.2) is 24.2 Å². The highest BCUT2D eigenvalue weighted by atomic mass is 35.5. The van der Waals surface area contributed by atoms with Gasteiger partial charge in [0.15, 0.2) is 0 Å². The molecule has 1 aromatic rings. The number of hydrogen-bond acceptors (Lipinski definition) is 2. The molecule has 18 heavy (non-hydrogen) atoms. The smallest absolute Gasteiger partial charge is 0.252 e. The Bertz CT molecular complexity index is 410. The van der Waals surface area contributed by atoms with Gasteiger partial charge in [0, 0.05) is 18.2 Å². The van der Waals surface area contributed by atoms with Crippen molar-refractivity contribution < 1.29 is 9.90 Å². The molecule has 0 aliphatic heterocycles. The molecule has 0 spiro atoms. The molecule has 1 aromatic carbocycles. The third kappa shape index (κ3) is 4.84. The zero-order valence-electron chi connectivity index (χ0n) is 10.2. The summed E-state index contributed by atoms with van der Waals surface area (Å²) in [4.78, 5) is 11.8. The summed E-state index contributed by atoms with van der Waals surface area (Å²) in [5, 5.41) is 12.5. The first-order chi connectivity index (χ1) is 8.54. The van der Waals surface area contributed by atoms with Gasteiger partial charge in [0.25, 0.3) is 5.91 Å². The monoisotopic (exact) mass is 289 g/mol. The molecule has 2 N–H and O–H groups in total. The van der Waals surface area contributed by atoms with Crippen molar-refractivity contribution in [1.29, 1.82) is 0 Å². The molecular formula is C13H17Cl2NO2. The predicted molar refractivity (Wildman–Crippen MR) is 74.3 cm³/mol. The number of halogens is 2. The molecule has 0 aromatic heterocycles. The fraction of sp³-hybridized carbons (Fsp3) is 0.462. The van der Waals surface area contributed by atoms with Crippen molar-refractivity contribution >= 4 is 29.1 Å². The number of benzene rings is 1. The van der Waals surface area contributed by atoms with Crippen LogP contribution >= 0.6 is 23.2 Å². The van der Waals surface area contributed by atoms with Crippen molar-refractivity contribution in [1.82, 2.24) is 5.32 Å². The molecule has 1 rings (SSSR count). The van der Waals surface area contributed by atoms with E-state index in [1.807, 2.05) is 6.92 Å². The Morgan fingerprint density at radius 2 is 2.17 bits per heavy atom. The molecule has 0 aliphatic carbocycles. The minimum absolute atomic E-state index is 0.175. The van der Waals surface area contributed by atoms with E-state index in [0.29, 0.717) is 22.2 Å². The van der Waals surface area contributed by atoms with E-state index in [0.717, 1.165) is 12.8 Å². The Labute approximate surface area is 117 Å². The topological polar surface area (TPSA) is 49.3 Å². The summed E-state index contributed by atoms with van der Waals surface area (Å²) in [5.74, 6) is 0.0378. The second-order valence-electron chi connectivity index (χ2n) is 4.31. The van der Waals surface area contributed by atoms with Crippen LogP contribution in [0, 0.1) is 5.92 Å². The molecular weight excluding hydrogens is 273 g/mol. The number of nitrogens with one attached hydrogen (secondary N) is 1. The highest BCUT2D eigenvalue weighted by Gasteiger charge is 2.10. The van der Waals surface area contributed by atoms with E-state index in [2.05, 4.69) is 5.32 Å². The van der Waals surface area contributed by atoms with Gasteiger partial charge in [0.05, 0.1) is 10.6 Å². The number of aliphatic hydroxyl groups is 1. The molecule has 0 saturated heterocycles. The van der Waals surface area contributed by atoms with Gasteiger partial charge in [-0.1, -0.05) is 30.1 Å². The second kappa shape index (κ2) is 7.62. The van der Waals surface area contributed by atoms with Gasteiger partial charge >= 0.3 is 0 Å². The van der Waals surface area contributed by atoms with Crippen molar-refractivity contribution in [2.75, 3.05) is 13.2 Å². The van der Waals surface area contributed by atoms with Crippen LogP contribution in [-0.2, 0) is 0 Å². The third-order valence-corrected chi connectivity index (χ3v) is 3.21. The normalized spacial score (nSPS) is 12.2. The van der Waals surface area contributed by atoms with E-state index in [4.69, 9.17) is 28.3 Å². The number of carbonyl (C=O) groups is 1. The van der Waals surface area contributed by atoms with Crippen LogP contribution in [0.1, 0.15) is 30.1 Å². The molecule has 0 radical (unpaired) electrons. The fourth-order valence-electron chi connectivity index (χ4n) is 1.51. The SMILES string of the molecule is CC(CO)CCCNC(=O)c1cc(Cl)ccc1Cl. The molecule has 0 heterocycles. The Balaban J connectivity index is 2.43. The highest BCUT2D eigenvalue weighted by molar-refractivity contribution is 6.35. The molecule has 1 amide bonds. The lowest BCUT2D eigenvalue weighted by Crippen LogP contribution is -2.25. The van der Waals surface area contributed by atoms with E-state index in [-0.39, 0.29) is 18.4 Å². The number of aliphatic hydroxyl groups excluding tert-OH is 1. The average molecular weight is 290 g/mol. The van der Waals surface area contributed by atoms with Crippen LogP contribution in [0.15, 0.2) is 18.2 Å². The van der Waals surface area contributed by atoms with E-state index in [9.17, 15) is 4.79 Å². The van der Waals surface area contributed by atoms with Crippen LogP contribution < -0.4 is 5.32 Å². The van der Waals surface area contributed by atoms with Crippen LogP contribution in [0.4, 0.5) is 0 Å². The molecule has 1 atom stereocenters. The van der Waals surface area contributed by atoms with Gasteiger partial charge in [-0.2, -0.15) is 0 Å². The largest absolute Gasteiger partial charge is 0.396 e. The summed E-state index contributed by atoms with van der Waals surface area (Å²) in [6, 6.07) is 4.80. The maximum Gasteiger partial charge on any atom is 0.252 e. The average Bonchev–Trinajstić information content (AvgIpc) is 2.36. The minimum Gasteiger partial charge on any atom is -0.396 e. The van der Waals surface area contributed by atoms with Crippen LogP contribution in [0.3, 0.4) is 0 Å². The van der Waals surface area contributed by atoms with Crippen molar-refractivity contribution in [3.63, 3.8) is 0 Å². The van der Waals surface area contributed by atoms with Crippen LogP contribution in [0.25, 0.3) is 0 Å². The fourth-order valence-corrected chi connectivity index (χ4v) is 1.89. The Hall–Kier alpha value is -0.770. The molecule has 0 bridgehead atoms. The van der Waals surface area contributed by atoms with Crippen LogP contribution in [0.5, 0.6) is 0 Å². The lowest BCUT2D eigenvalue weighted by atomic mass is 10.1. The first-order valence-electron chi connectivity index (χ1n) is 5.88. The van der Waals surface area contributed by atoms with Gasteiger partial charge in [-0.15, -0.1) is 0 Å². The summed E-state index contributed by atoms with van der Waals surface area (Å²) in [6.07, 6.45) is 1.70. The molecule has 1 unspecified atom stereocenters. The Kier molecular flexibility index (Phi) is 6.47. The van der Waals surface area contributed by atoms with E-state index in [1.54, 1.807) is 18.2 Å². The van der Waals surface area contributed by atoms with E-state index >= 15 is 0 Å². The second-order valence-corrected chi connectivity index (χ2v) is 5.15. The minimum atomic E-state index is -0.223. The van der Waals surface area contributed by atoms with Gasteiger partial charge in [0.1, 0.15) is 0 Å². The summed E-state index contributed by atoms with van der Waals surface area (Å²) in [7, 11) is 0.